The van der Waals surface area contributed by atoms with E-state index in [-0.39, 0.29) is 17.3 Å². The first-order valence-electron chi connectivity index (χ1n) is 10.7. The Morgan fingerprint density at radius 3 is 2.28 bits per heavy atom. The molecule has 3 aliphatic rings. The van der Waals surface area contributed by atoms with Crippen molar-refractivity contribution < 1.29 is 14.4 Å². The van der Waals surface area contributed by atoms with Crippen molar-refractivity contribution in [2.24, 2.45) is 5.41 Å². The highest BCUT2D eigenvalue weighted by Gasteiger charge is 2.71. The molecule has 5 nitrogen and oxygen atoms in total. The summed E-state index contributed by atoms with van der Waals surface area (Å²) in [5.41, 5.74) is 2.00. The van der Waals surface area contributed by atoms with Crippen molar-refractivity contribution in [1.82, 2.24) is 4.98 Å². The maximum absolute atomic E-state index is 14.1. The Bertz CT molecular complexity index is 1290. The molecule has 0 amide bonds. The summed E-state index contributed by atoms with van der Waals surface area (Å²) in [5, 5.41) is 0. The van der Waals surface area contributed by atoms with Crippen molar-refractivity contribution in [3.05, 3.63) is 101 Å². The van der Waals surface area contributed by atoms with E-state index in [1.54, 1.807) is 49.6 Å². The van der Waals surface area contributed by atoms with Gasteiger partial charge in [-0.1, -0.05) is 60.7 Å². The monoisotopic (exact) mass is 420 g/mol. The van der Waals surface area contributed by atoms with Crippen LogP contribution < -0.4 is 4.90 Å². The third-order valence-corrected chi connectivity index (χ3v) is 7.17. The minimum absolute atomic E-state index is 0.0811. The molecule has 0 saturated carbocycles. The van der Waals surface area contributed by atoms with Gasteiger partial charge in [-0.05, 0) is 30.2 Å². The second-order valence-corrected chi connectivity index (χ2v) is 8.66. The number of anilines is 1. The molecule has 3 unspecified atom stereocenters. The first-order valence-corrected chi connectivity index (χ1v) is 10.7. The standard InChI is InChI=1S/C27H20N2O3/c1-16(30)24-23(18-8-6-14-28-15-18)27(25(31)19-9-3-4-10-20(19)26(27)32)22-13-12-17-7-2-5-11-21(17)29(22)24/h2-15,22-24H,1H3. The van der Waals surface area contributed by atoms with E-state index in [1.165, 1.54) is 0 Å². The number of fused-ring (bicyclic) bond motifs is 5. The third kappa shape index (κ3) is 2.18. The number of ketones is 3. The molecule has 32 heavy (non-hydrogen) atoms. The molecule has 3 heterocycles. The number of carbonyl (C=O) groups excluding carboxylic acids is 3. The average Bonchev–Trinajstić information content (AvgIpc) is 3.27. The highest BCUT2D eigenvalue weighted by Crippen LogP contribution is 2.60. The molecule has 1 aliphatic carbocycles. The molecule has 5 heteroatoms. The lowest BCUT2D eigenvalue weighted by atomic mass is 9.64. The van der Waals surface area contributed by atoms with Gasteiger partial charge in [0, 0.05) is 35.1 Å². The van der Waals surface area contributed by atoms with Crippen LogP contribution in [0.5, 0.6) is 0 Å². The van der Waals surface area contributed by atoms with Crippen LogP contribution in [-0.2, 0) is 4.79 Å². The van der Waals surface area contributed by atoms with E-state index in [0.717, 1.165) is 16.8 Å². The first-order chi connectivity index (χ1) is 15.6. The van der Waals surface area contributed by atoms with Crippen molar-refractivity contribution >= 4 is 29.1 Å². The fourth-order valence-electron chi connectivity index (χ4n) is 6.00. The summed E-state index contributed by atoms with van der Waals surface area (Å²) in [5.74, 6) is -1.16. The molecule has 0 radical (unpaired) electrons. The summed E-state index contributed by atoms with van der Waals surface area (Å²) in [7, 11) is 0. The Morgan fingerprint density at radius 1 is 0.938 bits per heavy atom. The van der Waals surface area contributed by atoms with Crippen LogP contribution in [0.4, 0.5) is 5.69 Å². The second kappa shape index (κ2) is 6.57. The van der Waals surface area contributed by atoms with E-state index in [9.17, 15) is 14.4 Å². The van der Waals surface area contributed by atoms with Crippen LogP contribution in [0.3, 0.4) is 0 Å². The summed E-state index contributed by atoms with van der Waals surface area (Å²) in [6.45, 7) is 1.54. The fourth-order valence-corrected chi connectivity index (χ4v) is 6.00. The van der Waals surface area contributed by atoms with Gasteiger partial charge in [0.25, 0.3) is 0 Å². The highest BCUT2D eigenvalue weighted by molar-refractivity contribution is 6.32. The lowest BCUT2D eigenvalue weighted by Crippen LogP contribution is -2.48. The van der Waals surface area contributed by atoms with Crippen molar-refractivity contribution in [3.63, 3.8) is 0 Å². The van der Waals surface area contributed by atoms with Gasteiger partial charge in [0.2, 0.25) is 0 Å². The van der Waals surface area contributed by atoms with Crippen molar-refractivity contribution in [3.8, 4) is 0 Å². The zero-order valence-corrected chi connectivity index (χ0v) is 17.4. The number of hydrogen-bond donors (Lipinski definition) is 0. The Hall–Kier alpha value is -3.86. The van der Waals surface area contributed by atoms with E-state index in [4.69, 9.17) is 0 Å². The van der Waals surface area contributed by atoms with Gasteiger partial charge in [0.1, 0.15) is 5.41 Å². The van der Waals surface area contributed by atoms with E-state index in [1.807, 2.05) is 47.4 Å². The van der Waals surface area contributed by atoms with Crippen LogP contribution in [0, 0.1) is 5.41 Å². The number of rotatable bonds is 2. The van der Waals surface area contributed by atoms with E-state index in [0.29, 0.717) is 11.1 Å². The summed E-state index contributed by atoms with van der Waals surface area (Å²) >= 11 is 0. The van der Waals surface area contributed by atoms with Crippen LogP contribution in [-0.4, -0.2) is 34.4 Å². The summed E-state index contributed by atoms with van der Waals surface area (Å²) in [6.07, 6.45) is 7.23. The lowest BCUT2D eigenvalue weighted by molar-refractivity contribution is -0.118. The van der Waals surface area contributed by atoms with Crippen molar-refractivity contribution in [2.45, 2.75) is 24.9 Å². The quantitative estimate of drug-likeness (QED) is 0.584. The number of carbonyl (C=O) groups is 3. The van der Waals surface area contributed by atoms with Crippen molar-refractivity contribution in [2.75, 3.05) is 4.90 Å². The molecule has 2 aliphatic heterocycles. The van der Waals surface area contributed by atoms with Gasteiger partial charge >= 0.3 is 0 Å². The Labute approximate surface area is 185 Å². The van der Waals surface area contributed by atoms with E-state index in [2.05, 4.69) is 4.98 Å². The first kappa shape index (κ1) is 18.9. The number of benzene rings is 2. The third-order valence-electron chi connectivity index (χ3n) is 7.17. The molecule has 1 aromatic heterocycles. The Morgan fingerprint density at radius 2 is 1.62 bits per heavy atom. The molecule has 2 aromatic carbocycles. The van der Waals surface area contributed by atoms with Gasteiger partial charge in [-0.2, -0.15) is 0 Å². The Balaban J connectivity index is 1.69. The molecular formula is C27H20N2O3. The van der Waals surface area contributed by atoms with Crippen LogP contribution in [0.1, 0.15) is 44.7 Å². The smallest absolute Gasteiger partial charge is 0.180 e. The molecule has 1 spiro atoms. The molecule has 3 atom stereocenters. The maximum Gasteiger partial charge on any atom is 0.180 e. The van der Waals surface area contributed by atoms with Gasteiger partial charge in [0.15, 0.2) is 17.3 Å². The predicted octanol–water partition coefficient (Wildman–Crippen LogP) is 4.10. The largest absolute Gasteiger partial charge is 0.352 e. The number of nitrogens with zero attached hydrogens (tertiary/aromatic N) is 2. The topological polar surface area (TPSA) is 67.3 Å². The highest BCUT2D eigenvalue weighted by atomic mass is 16.2. The molecular weight excluding hydrogens is 400 g/mol. The second-order valence-electron chi connectivity index (χ2n) is 8.66. The number of Topliss-reactive ketones (excluding diaryl/α,β-unsaturated/α-hetero) is 3. The molecule has 6 rings (SSSR count). The van der Waals surface area contributed by atoms with Crippen LogP contribution in [0.15, 0.2) is 79.1 Å². The molecule has 0 bridgehead atoms. The maximum atomic E-state index is 14.1. The minimum Gasteiger partial charge on any atom is -0.352 e. The number of para-hydroxylation sites is 1. The normalized spacial score (nSPS) is 24.4. The van der Waals surface area contributed by atoms with Gasteiger partial charge in [-0.25, -0.2) is 0 Å². The van der Waals surface area contributed by atoms with E-state index < -0.39 is 23.4 Å². The molecule has 1 fully saturated rings. The summed E-state index contributed by atoms with van der Waals surface area (Å²) < 4.78 is 0. The van der Waals surface area contributed by atoms with Crippen LogP contribution >= 0.6 is 0 Å². The van der Waals surface area contributed by atoms with Gasteiger partial charge in [-0.3, -0.25) is 19.4 Å². The summed E-state index contributed by atoms with van der Waals surface area (Å²) in [6, 6.07) is 17.2. The Kier molecular flexibility index (Phi) is 3.87. The van der Waals surface area contributed by atoms with Gasteiger partial charge < -0.3 is 4.90 Å². The lowest BCUT2D eigenvalue weighted by Gasteiger charge is -2.37. The summed E-state index contributed by atoms with van der Waals surface area (Å²) in [4.78, 5) is 47.8. The zero-order valence-electron chi connectivity index (χ0n) is 17.4. The zero-order chi connectivity index (χ0) is 22.0. The molecule has 156 valence electrons. The number of aromatic nitrogens is 1. The predicted molar refractivity (Wildman–Crippen MR) is 121 cm³/mol. The molecule has 0 N–H and O–H groups in total. The average molecular weight is 420 g/mol. The molecule has 1 saturated heterocycles. The van der Waals surface area contributed by atoms with Crippen LogP contribution in [0.2, 0.25) is 0 Å². The minimum atomic E-state index is -1.42. The van der Waals surface area contributed by atoms with Crippen LogP contribution in [0.25, 0.3) is 6.08 Å². The van der Waals surface area contributed by atoms with Crippen molar-refractivity contribution in [1.29, 1.82) is 0 Å². The van der Waals surface area contributed by atoms with Gasteiger partial charge in [-0.15, -0.1) is 0 Å². The van der Waals surface area contributed by atoms with E-state index >= 15 is 0 Å². The van der Waals surface area contributed by atoms with Gasteiger partial charge in [0.05, 0.1) is 12.1 Å². The fraction of sp³-hybridized carbons (Fsp3) is 0.185. The number of pyridine rings is 1. The molecule has 3 aromatic rings. The SMILES string of the molecule is CC(=O)C1C(c2cccnc2)C2(C(=O)c3ccccc3C2=O)C2C=Cc3ccccc3N12. The number of hydrogen-bond acceptors (Lipinski definition) is 5.